The van der Waals surface area contributed by atoms with Crippen LogP contribution in [0.5, 0.6) is 0 Å². The Kier molecular flexibility index (Phi) is 4.68. The topological polar surface area (TPSA) is 67.2 Å². The van der Waals surface area contributed by atoms with E-state index in [1.54, 1.807) is 7.05 Å². The minimum Gasteiger partial charge on any atom is -0.372 e. The molecule has 0 bridgehead atoms. The summed E-state index contributed by atoms with van der Waals surface area (Å²) in [4.78, 5) is 2.38. The first-order valence-electron chi connectivity index (χ1n) is 7.88. The fourth-order valence-electron chi connectivity index (χ4n) is 2.85. The molecule has 124 valence electrons. The zero-order chi connectivity index (χ0) is 16.3. The highest BCUT2D eigenvalue weighted by molar-refractivity contribution is 7.89. The number of aromatic nitrogens is 2. The standard InChI is InChI=1S/C16H22N4O2S/c1-19-16(9-10-17-19)23(21,22)18-13-14-5-7-15(8-6-14)20-11-3-2-4-12-20/h5-10,18H,2-4,11-13H2,1H3. The fourth-order valence-corrected chi connectivity index (χ4v) is 3.99. The Morgan fingerprint density at radius 1 is 1.09 bits per heavy atom. The number of hydrogen-bond donors (Lipinski definition) is 1. The van der Waals surface area contributed by atoms with E-state index >= 15 is 0 Å². The summed E-state index contributed by atoms with van der Waals surface area (Å²) in [6, 6.07) is 9.59. The maximum absolute atomic E-state index is 12.2. The number of nitrogens with zero attached hydrogens (tertiary/aromatic N) is 3. The van der Waals surface area contributed by atoms with Crippen molar-refractivity contribution in [3.8, 4) is 0 Å². The zero-order valence-corrected chi connectivity index (χ0v) is 14.1. The molecule has 1 aliphatic rings. The minimum atomic E-state index is -3.54. The van der Waals surface area contributed by atoms with Crippen LogP contribution in [0.2, 0.25) is 0 Å². The van der Waals surface area contributed by atoms with Crippen LogP contribution in [-0.2, 0) is 23.6 Å². The molecule has 1 saturated heterocycles. The molecule has 23 heavy (non-hydrogen) atoms. The van der Waals surface area contributed by atoms with Gasteiger partial charge in [-0.25, -0.2) is 13.1 Å². The highest BCUT2D eigenvalue weighted by Gasteiger charge is 2.17. The van der Waals surface area contributed by atoms with E-state index in [-0.39, 0.29) is 11.6 Å². The van der Waals surface area contributed by atoms with Crippen molar-refractivity contribution in [2.45, 2.75) is 30.8 Å². The van der Waals surface area contributed by atoms with Crippen molar-refractivity contribution in [2.24, 2.45) is 7.05 Å². The zero-order valence-electron chi connectivity index (χ0n) is 13.3. The lowest BCUT2D eigenvalue weighted by Crippen LogP contribution is -2.29. The number of rotatable bonds is 5. The largest absolute Gasteiger partial charge is 0.372 e. The van der Waals surface area contributed by atoms with Gasteiger partial charge in [-0.2, -0.15) is 5.10 Å². The van der Waals surface area contributed by atoms with Crippen molar-refractivity contribution in [2.75, 3.05) is 18.0 Å². The summed E-state index contributed by atoms with van der Waals surface area (Å²) in [5.41, 5.74) is 2.15. The average molecular weight is 334 g/mol. The minimum absolute atomic E-state index is 0.169. The highest BCUT2D eigenvalue weighted by atomic mass is 32.2. The Hall–Kier alpha value is -1.86. The Bertz CT molecular complexity index is 747. The van der Waals surface area contributed by atoms with Gasteiger partial charge in [0.1, 0.15) is 0 Å². The molecular weight excluding hydrogens is 312 g/mol. The molecule has 0 atom stereocenters. The lowest BCUT2D eigenvalue weighted by Gasteiger charge is -2.28. The van der Waals surface area contributed by atoms with E-state index in [1.807, 2.05) is 12.1 Å². The molecule has 3 rings (SSSR count). The number of aryl methyl sites for hydroxylation is 1. The van der Waals surface area contributed by atoms with Crippen LogP contribution in [0.4, 0.5) is 5.69 Å². The van der Waals surface area contributed by atoms with Gasteiger partial charge in [0, 0.05) is 32.4 Å². The van der Waals surface area contributed by atoms with Crippen molar-refractivity contribution in [3.05, 3.63) is 42.1 Å². The summed E-state index contributed by atoms with van der Waals surface area (Å²) in [6.45, 7) is 2.48. The first kappa shape index (κ1) is 16.0. The number of nitrogens with one attached hydrogen (secondary N) is 1. The molecule has 0 aliphatic carbocycles. The van der Waals surface area contributed by atoms with Gasteiger partial charge in [-0.15, -0.1) is 0 Å². The van der Waals surface area contributed by atoms with Crippen LogP contribution in [0, 0.1) is 0 Å². The molecule has 0 radical (unpaired) electrons. The van der Waals surface area contributed by atoms with E-state index in [9.17, 15) is 8.42 Å². The van der Waals surface area contributed by atoms with Crippen molar-refractivity contribution >= 4 is 15.7 Å². The number of piperidine rings is 1. The summed E-state index contributed by atoms with van der Waals surface area (Å²) < 4.78 is 28.4. The second-order valence-electron chi connectivity index (χ2n) is 5.83. The van der Waals surface area contributed by atoms with Gasteiger partial charge in [0.15, 0.2) is 5.03 Å². The van der Waals surface area contributed by atoms with Gasteiger partial charge < -0.3 is 4.90 Å². The molecule has 2 aromatic rings. The molecule has 7 heteroatoms. The lowest BCUT2D eigenvalue weighted by molar-refractivity contribution is 0.563. The molecule has 1 aromatic heterocycles. The normalized spacial score (nSPS) is 15.8. The number of benzene rings is 1. The molecular formula is C16H22N4O2S. The van der Waals surface area contributed by atoms with Gasteiger partial charge in [-0.05, 0) is 43.0 Å². The van der Waals surface area contributed by atoms with E-state index in [0.29, 0.717) is 0 Å². The molecule has 6 nitrogen and oxygen atoms in total. The molecule has 1 aliphatic heterocycles. The third kappa shape index (κ3) is 3.73. The average Bonchev–Trinajstić information content (AvgIpc) is 3.01. The van der Waals surface area contributed by atoms with Crippen molar-refractivity contribution in [1.29, 1.82) is 0 Å². The predicted molar refractivity (Wildman–Crippen MR) is 89.7 cm³/mol. The van der Waals surface area contributed by atoms with Crippen molar-refractivity contribution in [3.63, 3.8) is 0 Å². The first-order chi connectivity index (χ1) is 11.1. The lowest BCUT2D eigenvalue weighted by atomic mass is 10.1. The molecule has 0 unspecified atom stereocenters. The van der Waals surface area contributed by atoms with Gasteiger partial charge in [0.25, 0.3) is 10.0 Å². The summed E-state index contributed by atoms with van der Waals surface area (Å²) >= 11 is 0. The first-order valence-corrected chi connectivity index (χ1v) is 9.36. The molecule has 1 fully saturated rings. The second kappa shape index (κ2) is 6.72. The van der Waals surface area contributed by atoms with Gasteiger partial charge in [0.2, 0.25) is 0 Å². The predicted octanol–water partition coefficient (Wildman–Crippen LogP) is 1.89. The Labute approximate surface area is 137 Å². The highest BCUT2D eigenvalue weighted by Crippen LogP contribution is 2.20. The quantitative estimate of drug-likeness (QED) is 0.907. The van der Waals surface area contributed by atoms with Crippen LogP contribution in [0.25, 0.3) is 0 Å². The van der Waals surface area contributed by atoms with E-state index in [2.05, 4.69) is 26.9 Å². The smallest absolute Gasteiger partial charge is 0.258 e. The molecule has 0 saturated carbocycles. The maximum Gasteiger partial charge on any atom is 0.258 e. The monoisotopic (exact) mass is 334 g/mol. The second-order valence-corrected chi connectivity index (χ2v) is 7.55. The van der Waals surface area contributed by atoms with E-state index in [0.717, 1.165) is 18.7 Å². The fraction of sp³-hybridized carbons (Fsp3) is 0.438. The van der Waals surface area contributed by atoms with E-state index < -0.39 is 10.0 Å². The summed E-state index contributed by atoms with van der Waals surface area (Å²) in [5, 5.41) is 4.06. The SMILES string of the molecule is Cn1nccc1S(=O)(=O)NCc1ccc(N2CCCCC2)cc1. The van der Waals surface area contributed by atoms with Crippen LogP contribution in [0.1, 0.15) is 24.8 Å². The van der Waals surface area contributed by atoms with Crippen LogP contribution in [0.15, 0.2) is 41.6 Å². The third-order valence-corrected chi connectivity index (χ3v) is 5.65. The van der Waals surface area contributed by atoms with Crippen LogP contribution in [0.3, 0.4) is 0 Å². The van der Waals surface area contributed by atoms with Crippen molar-refractivity contribution in [1.82, 2.24) is 14.5 Å². The van der Waals surface area contributed by atoms with Crippen LogP contribution in [-0.4, -0.2) is 31.3 Å². The molecule has 1 N–H and O–H groups in total. The van der Waals surface area contributed by atoms with E-state index in [4.69, 9.17) is 0 Å². The summed E-state index contributed by atoms with van der Waals surface area (Å²) in [5.74, 6) is 0. The summed E-state index contributed by atoms with van der Waals surface area (Å²) in [6.07, 6.45) is 5.27. The number of hydrogen-bond acceptors (Lipinski definition) is 4. The number of anilines is 1. The van der Waals surface area contributed by atoms with Crippen LogP contribution >= 0.6 is 0 Å². The van der Waals surface area contributed by atoms with Crippen molar-refractivity contribution < 1.29 is 8.42 Å². The van der Waals surface area contributed by atoms with Gasteiger partial charge in [0.05, 0.1) is 6.20 Å². The molecule has 0 spiro atoms. The van der Waals surface area contributed by atoms with Gasteiger partial charge in [-0.3, -0.25) is 4.68 Å². The third-order valence-electron chi connectivity index (χ3n) is 4.18. The summed E-state index contributed by atoms with van der Waals surface area (Å²) in [7, 11) is -1.92. The van der Waals surface area contributed by atoms with Crippen LogP contribution < -0.4 is 9.62 Å². The maximum atomic E-state index is 12.2. The van der Waals surface area contributed by atoms with Gasteiger partial charge >= 0.3 is 0 Å². The Morgan fingerprint density at radius 2 is 1.78 bits per heavy atom. The molecule has 2 heterocycles. The Morgan fingerprint density at radius 3 is 2.39 bits per heavy atom. The Balaban J connectivity index is 1.63. The number of sulfonamides is 1. The molecule has 1 aromatic carbocycles. The van der Waals surface area contributed by atoms with Gasteiger partial charge in [-0.1, -0.05) is 12.1 Å². The molecule has 0 amide bonds. The van der Waals surface area contributed by atoms with E-state index in [1.165, 1.54) is 41.9 Å².